The van der Waals surface area contributed by atoms with E-state index in [1.165, 1.54) is 30.7 Å². The molecule has 1 N–H and O–H groups in total. The lowest BCUT2D eigenvalue weighted by atomic mass is 9.97. The summed E-state index contributed by atoms with van der Waals surface area (Å²) in [5, 5.41) is 5.05. The number of hydrogen-bond donors (Lipinski definition) is 1. The standard InChI is InChI=1S/C17H27N3OS/c1-14-5-2-3-8-20(14)15-12-19(13-15)9-7-17(21)18-11-16-6-4-10-22-16/h4,6,10,14-15H,2-3,5,7-9,11-13H2,1H3,(H,18,21)/t14-/m0/s1. The smallest absolute Gasteiger partial charge is 0.221 e. The van der Waals surface area contributed by atoms with Crippen LogP contribution in [0.15, 0.2) is 17.5 Å². The zero-order valence-corrected chi connectivity index (χ0v) is 14.3. The Morgan fingerprint density at radius 1 is 1.41 bits per heavy atom. The van der Waals surface area contributed by atoms with Crippen molar-refractivity contribution in [3.63, 3.8) is 0 Å². The monoisotopic (exact) mass is 321 g/mol. The first-order chi connectivity index (χ1) is 10.7. The second kappa shape index (κ2) is 7.57. The number of carbonyl (C=O) groups excluding carboxylic acids is 1. The van der Waals surface area contributed by atoms with Gasteiger partial charge in [0, 0.05) is 43.0 Å². The number of rotatable bonds is 6. The molecule has 0 aliphatic carbocycles. The van der Waals surface area contributed by atoms with Gasteiger partial charge in [0.15, 0.2) is 0 Å². The Labute approximate surface area is 137 Å². The van der Waals surface area contributed by atoms with Gasteiger partial charge >= 0.3 is 0 Å². The van der Waals surface area contributed by atoms with E-state index in [-0.39, 0.29) is 5.91 Å². The van der Waals surface area contributed by atoms with Crippen molar-refractivity contribution in [2.45, 2.75) is 51.2 Å². The number of amides is 1. The lowest BCUT2D eigenvalue weighted by Crippen LogP contribution is -2.62. The molecule has 0 radical (unpaired) electrons. The molecule has 1 aromatic heterocycles. The molecular formula is C17H27N3OS. The third kappa shape index (κ3) is 4.09. The molecule has 2 aliphatic rings. The van der Waals surface area contributed by atoms with Crippen LogP contribution in [0.4, 0.5) is 0 Å². The van der Waals surface area contributed by atoms with Gasteiger partial charge in [-0.25, -0.2) is 0 Å². The van der Waals surface area contributed by atoms with E-state index in [4.69, 9.17) is 0 Å². The molecule has 2 aliphatic heterocycles. The van der Waals surface area contributed by atoms with Gasteiger partial charge in [-0.2, -0.15) is 0 Å². The van der Waals surface area contributed by atoms with Crippen LogP contribution in [0.3, 0.4) is 0 Å². The highest BCUT2D eigenvalue weighted by Gasteiger charge is 2.34. The highest BCUT2D eigenvalue weighted by Crippen LogP contribution is 2.24. The minimum Gasteiger partial charge on any atom is -0.351 e. The van der Waals surface area contributed by atoms with Crippen LogP contribution in [0.2, 0.25) is 0 Å². The maximum atomic E-state index is 11.9. The van der Waals surface area contributed by atoms with Crippen molar-refractivity contribution in [3.8, 4) is 0 Å². The molecule has 3 rings (SSSR count). The van der Waals surface area contributed by atoms with Crippen molar-refractivity contribution in [1.82, 2.24) is 15.1 Å². The number of hydrogen-bond acceptors (Lipinski definition) is 4. The van der Waals surface area contributed by atoms with Crippen LogP contribution in [-0.2, 0) is 11.3 Å². The molecule has 4 nitrogen and oxygen atoms in total. The van der Waals surface area contributed by atoms with E-state index < -0.39 is 0 Å². The van der Waals surface area contributed by atoms with Gasteiger partial charge in [-0.3, -0.25) is 14.6 Å². The van der Waals surface area contributed by atoms with Crippen LogP contribution < -0.4 is 5.32 Å². The van der Waals surface area contributed by atoms with Gasteiger partial charge in [-0.1, -0.05) is 12.5 Å². The molecule has 0 saturated carbocycles. The van der Waals surface area contributed by atoms with Crippen LogP contribution in [-0.4, -0.2) is 54.0 Å². The average Bonchev–Trinajstić information content (AvgIpc) is 2.98. The minimum absolute atomic E-state index is 0.170. The summed E-state index contributed by atoms with van der Waals surface area (Å²) in [6.07, 6.45) is 4.71. The Morgan fingerprint density at radius 3 is 3.00 bits per heavy atom. The number of likely N-dealkylation sites (tertiary alicyclic amines) is 2. The Morgan fingerprint density at radius 2 is 2.27 bits per heavy atom. The SMILES string of the molecule is C[C@H]1CCCCN1C1CN(CCC(=O)NCc2cccs2)C1. The van der Waals surface area contributed by atoms with Crippen LogP contribution >= 0.6 is 11.3 Å². The van der Waals surface area contributed by atoms with Crippen molar-refractivity contribution in [2.75, 3.05) is 26.2 Å². The van der Waals surface area contributed by atoms with E-state index >= 15 is 0 Å². The van der Waals surface area contributed by atoms with E-state index in [0.29, 0.717) is 13.0 Å². The molecule has 5 heteroatoms. The summed E-state index contributed by atoms with van der Waals surface area (Å²) in [6.45, 7) is 7.48. The van der Waals surface area contributed by atoms with Gasteiger partial charge in [0.1, 0.15) is 0 Å². The van der Waals surface area contributed by atoms with Crippen LogP contribution in [0.25, 0.3) is 0 Å². The molecular weight excluding hydrogens is 294 g/mol. The minimum atomic E-state index is 0.170. The Hall–Kier alpha value is -0.910. The van der Waals surface area contributed by atoms with Crippen molar-refractivity contribution in [2.24, 2.45) is 0 Å². The Bertz CT molecular complexity index is 470. The molecule has 0 spiro atoms. The van der Waals surface area contributed by atoms with Crippen LogP contribution in [0.5, 0.6) is 0 Å². The fraction of sp³-hybridized carbons (Fsp3) is 0.706. The largest absolute Gasteiger partial charge is 0.351 e. The lowest BCUT2D eigenvalue weighted by Gasteiger charge is -2.49. The second-order valence-corrected chi connectivity index (χ2v) is 7.63. The van der Waals surface area contributed by atoms with Crippen molar-refractivity contribution >= 4 is 17.2 Å². The number of thiophene rings is 1. The number of nitrogens with one attached hydrogen (secondary N) is 1. The summed E-state index contributed by atoms with van der Waals surface area (Å²) in [4.78, 5) is 18.2. The molecule has 3 heterocycles. The van der Waals surface area contributed by atoms with Gasteiger partial charge in [0.25, 0.3) is 0 Å². The summed E-state index contributed by atoms with van der Waals surface area (Å²) < 4.78 is 0. The first-order valence-electron chi connectivity index (χ1n) is 8.49. The van der Waals surface area contributed by atoms with Crippen molar-refractivity contribution < 1.29 is 4.79 Å². The number of carbonyl (C=O) groups is 1. The van der Waals surface area contributed by atoms with E-state index in [1.54, 1.807) is 11.3 Å². The Balaban J connectivity index is 1.30. The predicted molar refractivity (Wildman–Crippen MR) is 91.0 cm³/mol. The van der Waals surface area contributed by atoms with Crippen LogP contribution in [0, 0.1) is 0 Å². The highest BCUT2D eigenvalue weighted by molar-refractivity contribution is 7.09. The molecule has 0 aromatic carbocycles. The maximum absolute atomic E-state index is 11.9. The molecule has 1 aromatic rings. The van der Waals surface area contributed by atoms with Gasteiger partial charge in [0.05, 0.1) is 6.54 Å². The van der Waals surface area contributed by atoms with E-state index in [1.807, 2.05) is 11.4 Å². The summed E-state index contributed by atoms with van der Waals surface area (Å²) in [5.41, 5.74) is 0. The quantitative estimate of drug-likeness (QED) is 0.873. The fourth-order valence-corrected chi connectivity index (χ4v) is 4.19. The fourth-order valence-electron chi connectivity index (χ4n) is 3.54. The third-order valence-corrected chi connectivity index (χ3v) is 5.83. The highest BCUT2D eigenvalue weighted by atomic mass is 32.1. The summed E-state index contributed by atoms with van der Waals surface area (Å²) in [5.74, 6) is 0.170. The van der Waals surface area contributed by atoms with E-state index in [9.17, 15) is 4.79 Å². The first-order valence-corrected chi connectivity index (χ1v) is 9.37. The van der Waals surface area contributed by atoms with Gasteiger partial charge in [0.2, 0.25) is 5.91 Å². The predicted octanol–water partition coefficient (Wildman–Crippen LogP) is 2.31. The third-order valence-electron chi connectivity index (χ3n) is 4.96. The topological polar surface area (TPSA) is 35.6 Å². The molecule has 2 fully saturated rings. The molecule has 1 amide bonds. The van der Waals surface area contributed by atoms with Gasteiger partial charge < -0.3 is 5.32 Å². The average molecular weight is 321 g/mol. The van der Waals surface area contributed by atoms with E-state index in [2.05, 4.69) is 28.1 Å². The Kier molecular flexibility index (Phi) is 5.50. The molecule has 122 valence electrons. The molecule has 1 atom stereocenters. The molecule has 22 heavy (non-hydrogen) atoms. The molecule has 0 unspecified atom stereocenters. The molecule has 2 saturated heterocycles. The second-order valence-electron chi connectivity index (χ2n) is 6.60. The summed E-state index contributed by atoms with van der Waals surface area (Å²) in [6, 6.07) is 5.55. The maximum Gasteiger partial charge on any atom is 0.221 e. The normalized spacial score (nSPS) is 24.1. The zero-order chi connectivity index (χ0) is 15.4. The van der Waals surface area contributed by atoms with Crippen LogP contribution in [0.1, 0.15) is 37.5 Å². The molecule has 0 bridgehead atoms. The number of nitrogens with zero attached hydrogens (tertiary/aromatic N) is 2. The van der Waals surface area contributed by atoms with Crippen molar-refractivity contribution in [3.05, 3.63) is 22.4 Å². The first kappa shape index (κ1) is 16.0. The van der Waals surface area contributed by atoms with Gasteiger partial charge in [-0.05, 0) is 37.8 Å². The number of piperidine rings is 1. The lowest BCUT2D eigenvalue weighted by molar-refractivity contribution is -0.122. The van der Waals surface area contributed by atoms with Crippen molar-refractivity contribution in [1.29, 1.82) is 0 Å². The van der Waals surface area contributed by atoms with Gasteiger partial charge in [-0.15, -0.1) is 11.3 Å². The zero-order valence-electron chi connectivity index (χ0n) is 13.5. The summed E-state index contributed by atoms with van der Waals surface area (Å²) in [7, 11) is 0. The summed E-state index contributed by atoms with van der Waals surface area (Å²) >= 11 is 1.69. The van der Waals surface area contributed by atoms with E-state index in [0.717, 1.165) is 31.7 Å².